The Morgan fingerprint density at radius 1 is 1.48 bits per heavy atom. The molecule has 21 heavy (non-hydrogen) atoms. The number of nitrogens with zero attached hydrogens (tertiary/aromatic N) is 1. The second-order valence-corrected chi connectivity index (χ2v) is 6.49. The molecule has 0 aromatic carbocycles. The molecule has 1 aliphatic carbocycles. The number of hydrogen-bond acceptors (Lipinski definition) is 3. The molecule has 1 saturated heterocycles. The molecule has 2 amide bonds. The van der Waals surface area contributed by atoms with Crippen LogP contribution >= 0.6 is 0 Å². The largest absolute Gasteiger partial charge is 0.469 e. The van der Waals surface area contributed by atoms with Crippen molar-refractivity contribution in [1.29, 1.82) is 0 Å². The fourth-order valence-corrected chi connectivity index (χ4v) is 3.32. The highest BCUT2D eigenvalue weighted by molar-refractivity contribution is 6.00. The van der Waals surface area contributed by atoms with Crippen LogP contribution in [0.25, 0.3) is 0 Å². The molecule has 2 heterocycles. The smallest absolute Gasteiger partial charge is 0.249 e. The van der Waals surface area contributed by atoms with Gasteiger partial charge < -0.3 is 14.6 Å². The van der Waals surface area contributed by atoms with Gasteiger partial charge >= 0.3 is 0 Å². The van der Waals surface area contributed by atoms with E-state index in [2.05, 4.69) is 5.32 Å². The van der Waals surface area contributed by atoms with Crippen molar-refractivity contribution in [2.24, 2.45) is 5.92 Å². The highest BCUT2D eigenvalue weighted by Gasteiger charge is 2.55. The molecule has 5 heteroatoms. The predicted octanol–water partition coefficient (Wildman–Crippen LogP) is 1.73. The summed E-state index contributed by atoms with van der Waals surface area (Å²) < 4.78 is 5.37. The minimum absolute atomic E-state index is 0.0381. The topological polar surface area (TPSA) is 62.6 Å². The maximum absolute atomic E-state index is 12.9. The second kappa shape index (κ2) is 4.90. The number of furan rings is 1. The van der Waals surface area contributed by atoms with E-state index in [1.165, 1.54) is 0 Å². The van der Waals surface area contributed by atoms with Crippen LogP contribution in [0.1, 0.15) is 39.4 Å². The van der Waals surface area contributed by atoms with Gasteiger partial charge in [-0.25, -0.2) is 0 Å². The zero-order valence-corrected chi connectivity index (χ0v) is 12.8. The summed E-state index contributed by atoms with van der Waals surface area (Å²) in [6, 6.07) is 3.23. The van der Waals surface area contributed by atoms with Crippen LogP contribution < -0.4 is 5.32 Å². The zero-order valence-electron chi connectivity index (χ0n) is 12.8. The average molecular weight is 290 g/mol. The molecule has 3 atom stereocenters. The number of hydrogen-bond donors (Lipinski definition) is 1. The van der Waals surface area contributed by atoms with Crippen molar-refractivity contribution in [2.75, 3.05) is 0 Å². The lowest BCUT2D eigenvalue weighted by Crippen LogP contribution is -2.71. The first kappa shape index (κ1) is 14.2. The molecule has 1 aromatic heterocycles. The number of amides is 2. The first-order valence-corrected chi connectivity index (χ1v) is 7.60. The van der Waals surface area contributed by atoms with Crippen LogP contribution in [0.3, 0.4) is 0 Å². The molecule has 1 aromatic rings. The van der Waals surface area contributed by atoms with Crippen molar-refractivity contribution in [3.63, 3.8) is 0 Å². The molecule has 0 radical (unpaired) electrons. The molecule has 3 unspecified atom stereocenters. The number of piperazine rings is 1. The van der Waals surface area contributed by atoms with Crippen molar-refractivity contribution < 1.29 is 14.0 Å². The maximum atomic E-state index is 12.9. The molecule has 114 valence electrons. The highest BCUT2D eigenvalue weighted by Crippen LogP contribution is 2.42. The Hall–Kier alpha value is -1.78. The van der Waals surface area contributed by atoms with Gasteiger partial charge in [0.2, 0.25) is 11.8 Å². The second-order valence-electron chi connectivity index (χ2n) is 6.49. The summed E-state index contributed by atoms with van der Waals surface area (Å²) in [5, 5.41) is 2.94. The number of carbonyl (C=O) groups is 2. The van der Waals surface area contributed by atoms with Crippen LogP contribution in [-0.2, 0) is 16.0 Å². The minimum Gasteiger partial charge on any atom is -0.469 e. The van der Waals surface area contributed by atoms with Gasteiger partial charge in [-0.15, -0.1) is 0 Å². The van der Waals surface area contributed by atoms with E-state index in [0.29, 0.717) is 6.42 Å². The molecule has 0 bridgehead atoms. The molecule has 1 saturated carbocycles. The Labute approximate surface area is 124 Å². The molecule has 1 aliphatic heterocycles. The van der Waals surface area contributed by atoms with E-state index in [4.69, 9.17) is 4.42 Å². The van der Waals surface area contributed by atoms with Crippen LogP contribution in [-0.4, -0.2) is 34.3 Å². The molecule has 2 fully saturated rings. The van der Waals surface area contributed by atoms with Crippen LogP contribution in [0.5, 0.6) is 0 Å². The predicted molar refractivity (Wildman–Crippen MR) is 77.5 cm³/mol. The third-order valence-electron chi connectivity index (χ3n) is 4.80. The van der Waals surface area contributed by atoms with Crippen LogP contribution in [0, 0.1) is 5.92 Å². The van der Waals surface area contributed by atoms with Gasteiger partial charge in [-0.3, -0.25) is 9.59 Å². The average Bonchev–Trinajstić information content (AvgIpc) is 3.17. The molecular formula is C16H22N2O3. The Morgan fingerprint density at radius 3 is 2.76 bits per heavy atom. The van der Waals surface area contributed by atoms with E-state index >= 15 is 0 Å². The van der Waals surface area contributed by atoms with E-state index in [-0.39, 0.29) is 23.8 Å². The standard InChI is InChI=1S/C16H22N2O3/c1-10(9-13-5-4-8-21-13)18-11(2)14(19)17-16(3,15(18)20)12-6-7-12/h4-5,8,10-12H,6-7,9H2,1-3H3,(H,17,19). The van der Waals surface area contributed by atoms with E-state index in [9.17, 15) is 9.59 Å². The third kappa shape index (κ3) is 2.34. The first-order valence-electron chi connectivity index (χ1n) is 7.60. The molecule has 5 nitrogen and oxygen atoms in total. The lowest BCUT2D eigenvalue weighted by Gasteiger charge is -2.46. The van der Waals surface area contributed by atoms with Gasteiger partial charge in [-0.05, 0) is 51.7 Å². The quantitative estimate of drug-likeness (QED) is 0.918. The summed E-state index contributed by atoms with van der Waals surface area (Å²) in [5.74, 6) is 1.09. The summed E-state index contributed by atoms with van der Waals surface area (Å²) in [5.41, 5.74) is -0.735. The Morgan fingerprint density at radius 2 is 2.19 bits per heavy atom. The van der Waals surface area contributed by atoms with Crippen molar-refractivity contribution in [1.82, 2.24) is 10.2 Å². The zero-order chi connectivity index (χ0) is 15.2. The van der Waals surface area contributed by atoms with Gasteiger partial charge in [0.05, 0.1) is 6.26 Å². The summed E-state index contributed by atoms with van der Waals surface area (Å²) in [6.45, 7) is 5.63. The van der Waals surface area contributed by atoms with Gasteiger partial charge in [-0.1, -0.05) is 0 Å². The molecular weight excluding hydrogens is 268 g/mol. The Bertz CT molecular complexity index is 550. The molecule has 3 rings (SSSR count). The van der Waals surface area contributed by atoms with Gasteiger partial charge in [0.15, 0.2) is 0 Å². The summed E-state index contributed by atoms with van der Waals surface area (Å²) >= 11 is 0. The summed E-state index contributed by atoms with van der Waals surface area (Å²) in [6.07, 6.45) is 4.27. The van der Waals surface area contributed by atoms with Crippen LogP contribution in [0.2, 0.25) is 0 Å². The molecule has 0 spiro atoms. The van der Waals surface area contributed by atoms with Crippen molar-refractivity contribution in [3.8, 4) is 0 Å². The van der Waals surface area contributed by atoms with Gasteiger partial charge in [0, 0.05) is 12.5 Å². The number of nitrogens with one attached hydrogen (secondary N) is 1. The number of carbonyl (C=O) groups excluding carboxylic acids is 2. The molecule has 2 aliphatic rings. The van der Waals surface area contributed by atoms with E-state index in [0.717, 1.165) is 18.6 Å². The fraction of sp³-hybridized carbons (Fsp3) is 0.625. The van der Waals surface area contributed by atoms with E-state index in [1.807, 2.05) is 26.0 Å². The maximum Gasteiger partial charge on any atom is 0.249 e. The monoisotopic (exact) mass is 290 g/mol. The first-order chi connectivity index (χ1) is 9.93. The Balaban J connectivity index is 1.83. The van der Waals surface area contributed by atoms with Gasteiger partial charge in [0.1, 0.15) is 17.3 Å². The minimum atomic E-state index is -0.735. The highest BCUT2D eigenvalue weighted by atomic mass is 16.3. The SMILES string of the molecule is CC(Cc1ccco1)N1C(=O)C(C)(C2CC2)NC(=O)C1C. The summed E-state index contributed by atoms with van der Waals surface area (Å²) in [7, 11) is 0. The normalized spacial score (nSPS) is 31.2. The lowest BCUT2D eigenvalue weighted by molar-refractivity contribution is -0.157. The third-order valence-corrected chi connectivity index (χ3v) is 4.80. The van der Waals surface area contributed by atoms with Crippen molar-refractivity contribution >= 4 is 11.8 Å². The fourth-order valence-electron chi connectivity index (χ4n) is 3.32. The Kier molecular flexibility index (Phi) is 3.30. The molecule has 1 N–H and O–H groups in total. The van der Waals surface area contributed by atoms with E-state index in [1.54, 1.807) is 18.1 Å². The summed E-state index contributed by atoms with van der Waals surface area (Å²) in [4.78, 5) is 26.9. The number of rotatable bonds is 4. The van der Waals surface area contributed by atoms with Gasteiger partial charge in [-0.2, -0.15) is 0 Å². The lowest BCUT2D eigenvalue weighted by atomic mass is 9.88. The van der Waals surface area contributed by atoms with Crippen molar-refractivity contribution in [3.05, 3.63) is 24.2 Å². The van der Waals surface area contributed by atoms with Crippen molar-refractivity contribution in [2.45, 2.75) is 57.7 Å². The van der Waals surface area contributed by atoms with Crippen LogP contribution in [0.4, 0.5) is 0 Å². The van der Waals surface area contributed by atoms with Gasteiger partial charge in [0.25, 0.3) is 0 Å². The van der Waals surface area contributed by atoms with Crippen LogP contribution in [0.15, 0.2) is 22.8 Å². The van der Waals surface area contributed by atoms with E-state index < -0.39 is 11.6 Å².